The molecule has 1 fully saturated rings. The fourth-order valence-corrected chi connectivity index (χ4v) is 2.73. The highest BCUT2D eigenvalue weighted by molar-refractivity contribution is 5.00. The summed E-state index contributed by atoms with van der Waals surface area (Å²) in [5.41, 5.74) is -0.517. The Bertz CT molecular complexity index is 362. The molecule has 2 rings (SSSR count). The van der Waals surface area contributed by atoms with Crippen molar-refractivity contribution in [2.24, 2.45) is 5.92 Å². The maximum Gasteiger partial charge on any atom is 0.111 e. The van der Waals surface area contributed by atoms with Crippen molar-refractivity contribution in [3.05, 3.63) is 18.2 Å². The van der Waals surface area contributed by atoms with E-state index < -0.39 is 5.60 Å². The third-order valence-electron chi connectivity index (χ3n) is 3.93. The van der Waals surface area contributed by atoms with E-state index in [1.165, 1.54) is 0 Å². The fourth-order valence-electron chi connectivity index (χ4n) is 2.73. The van der Waals surface area contributed by atoms with Gasteiger partial charge in [-0.1, -0.05) is 20.8 Å². The van der Waals surface area contributed by atoms with E-state index in [4.69, 9.17) is 0 Å². The van der Waals surface area contributed by atoms with Crippen molar-refractivity contribution in [1.82, 2.24) is 9.55 Å². The minimum absolute atomic E-state index is 0.413. The smallest absolute Gasteiger partial charge is 0.111 e. The predicted molar refractivity (Wildman–Crippen MR) is 68.9 cm³/mol. The quantitative estimate of drug-likeness (QED) is 0.876. The Morgan fingerprint density at radius 3 is 2.71 bits per heavy atom. The molecular formula is C14H24N2O. The maximum absolute atomic E-state index is 10.6. The predicted octanol–water partition coefficient (Wildman–Crippen LogP) is 2.95. The first-order valence-corrected chi connectivity index (χ1v) is 6.73. The highest BCUT2D eigenvalue weighted by atomic mass is 16.3. The lowest BCUT2D eigenvalue weighted by atomic mass is 9.79. The zero-order valence-electron chi connectivity index (χ0n) is 11.2. The van der Waals surface area contributed by atoms with E-state index in [9.17, 15) is 5.11 Å². The van der Waals surface area contributed by atoms with Crippen LogP contribution in [0.5, 0.6) is 0 Å². The summed E-state index contributed by atoms with van der Waals surface area (Å²) in [5.74, 6) is 2.26. The van der Waals surface area contributed by atoms with Crippen LogP contribution in [0.15, 0.2) is 12.4 Å². The average Bonchev–Trinajstić information content (AvgIpc) is 2.71. The van der Waals surface area contributed by atoms with Crippen LogP contribution in [0.25, 0.3) is 0 Å². The zero-order valence-corrected chi connectivity index (χ0v) is 11.2. The fraction of sp³-hybridized carbons (Fsp3) is 0.786. The molecule has 0 radical (unpaired) electrons. The van der Waals surface area contributed by atoms with Crippen LogP contribution in [0, 0.1) is 5.92 Å². The summed E-state index contributed by atoms with van der Waals surface area (Å²) >= 11 is 0. The Morgan fingerprint density at radius 2 is 2.12 bits per heavy atom. The molecule has 0 bridgehead atoms. The van der Waals surface area contributed by atoms with Crippen molar-refractivity contribution in [3.8, 4) is 0 Å². The second kappa shape index (κ2) is 4.81. The number of imidazole rings is 1. The van der Waals surface area contributed by atoms with Gasteiger partial charge in [-0.15, -0.1) is 0 Å². The molecule has 0 atom stereocenters. The average molecular weight is 236 g/mol. The highest BCUT2D eigenvalue weighted by Crippen LogP contribution is 2.33. The first-order valence-electron chi connectivity index (χ1n) is 6.73. The number of aromatic nitrogens is 2. The van der Waals surface area contributed by atoms with Crippen molar-refractivity contribution in [2.45, 2.75) is 64.5 Å². The van der Waals surface area contributed by atoms with Gasteiger partial charge >= 0.3 is 0 Å². The van der Waals surface area contributed by atoms with Gasteiger partial charge in [0, 0.05) is 18.3 Å². The van der Waals surface area contributed by atoms with E-state index in [0.717, 1.165) is 37.4 Å². The Kier molecular flexibility index (Phi) is 3.57. The monoisotopic (exact) mass is 236 g/mol. The van der Waals surface area contributed by atoms with Crippen LogP contribution >= 0.6 is 0 Å². The van der Waals surface area contributed by atoms with Gasteiger partial charge in [0.25, 0.3) is 0 Å². The first kappa shape index (κ1) is 12.6. The molecular weight excluding hydrogens is 212 g/mol. The number of nitrogens with zero attached hydrogens (tertiary/aromatic N) is 2. The van der Waals surface area contributed by atoms with Crippen molar-refractivity contribution in [1.29, 1.82) is 0 Å². The van der Waals surface area contributed by atoms with Crippen molar-refractivity contribution in [3.63, 3.8) is 0 Å². The van der Waals surface area contributed by atoms with E-state index in [1.54, 1.807) is 0 Å². The largest absolute Gasteiger partial charge is 0.388 e. The van der Waals surface area contributed by atoms with E-state index in [2.05, 4.69) is 30.3 Å². The minimum atomic E-state index is -0.517. The number of hydrogen-bond acceptors (Lipinski definition) is 2. The first-order chi connectivity index (χ1) is 8.00. The van der Waals surface area contributed by atoms with Gasteiger partial charge in [-0.05, 0) is 31.6 Å². The van der Waals surface area contributed by atoms with Crippen LogP contribution in [0.2, 0.25) is 0 Å². The number of rotatable bonds is 3. The normalized spacial score (nSPS) is 29.8. The van der Waals surface area contributed by atoms with E-state index >= 15 is 0 Å². The molecule has 96 valence electrons. The molecule has 1 heterocycles. The molecule has 3 nitrogen and oxygen atoms in total. The lowest BCUT2D eigenvalue weighted by Crippen LogP contribution is -2.38. The highest BCUT2D eigenvalue weighted by Gasteiger charge is 2.32. The van der Waals surface area contributed by atoms with Crippen LogP contribution in [0.3, 0.4) is 0 Å². The van der Waals surface area contributed by atoms with Crippen molar-refractivity contribution in [2.75, 3.05) is 0 Å². The molecule has 1 aromatic heterocycles. The maximum atomic E-state index is 10.6. The molecule has 1 aliphatic carbocycles. The summed E-state index contributed by atoms with van der Waals surface area (Å²) in [4.78, 5) is 4.38. The summed E-state index contributed by atoms with van der Waals surface area (Å²) in [5, 5.41) is 10.6. The van der Waals surface area contributed by atoms with Gasteiger partial charge in [0.15, 0.2) is 0 Å². The standard InChI is InChI=1S/C14H24N2O/c1-11(2)13-15-8-9-16(13)10-14(17)6-4-12(3)5-7-14/h8-9,11-12,17H,4-7,10H2,1-3H3. The Balaban J connectivity index is 2.07. The minimum Gasteiger partial charge on any atom is -0.388 e. The third kappa shape index (κ3) is 2.89. The molecule has 1 saturated carbocycles. The van der Waals surface area contributed by atoms with Crippen LogP contribution < -0.4 is 0 Å². The van der Waals surface area contributed by atoms with Gasteiger partial charge in [0.05, 0.1) is 12.1 Å². The molecule has 0 unspecified atom stereocenters. The summed E-state index contributed by atoms with van der Waals surface area (Å²) in [7, 11) is 0. The van der Waals surface area contributed by atoms with Gasteiger partial charge in [0.1, 0.15) is 5.82 Å². The molecule has 0 aromatic carbocycles. The lowest BCUT2D eigenvalue weighted by Gasteiger charge is -2.35. The summed E-state index contributed by atoms with van der Waals surface area (Å²) in [6.07, 6.45) is 7.95. The van der Waals surface area contributed by atoms with Crippen LogP contribution in [-0.2, 0) is 6.54 Å². The molecule has 3 heteroatoms. The number of hydrogen-bond donors (Lipinski definition) is 1. The molecule has 0 aliphatic heterocycles. The van der Waals surface area contributed by atoms with Gasteiger partial charge in [0.2, 0.25) is 0 Å². The zero-order chi connectivity index (χ0) is 12.5. The lowest BCUT2D eigenvalue weighted by molar-refractivity contribution is -0.0224. The molecule has 1 aliphatic rings. The second-order valence-corrected chi connectivity index (χ2v) is 5.97. The summed E-state index contributed by atoms with van der Waals surface area (Å²) < 4.78 is 2.13. The summed E-state index contributed by atoms with van der Waals surface area (Å²) in [6.45, 7) is 7.27. The Hall–Kier alpha value is -0.830. The molecule has 0 spiro atoms. The van der Waals surface area contributed by atoms with Gasteiger partial charge in [-0.3, -0.25) is 0 Å². The van der Waals surface area contributed by atoms with E-state index in [1.807, 2.05) is 12.4 Å². The molecule has 1 N–H and O–H groups in total. The van der Waals surface area contributed by atoms with Crippen LogP contribution in [0.4, 0.5) is 0 Å². The molecule has 1 aromatic rings. The van der Waals surface area contributed by atoms with Crippen LogP contribution in [0.1, 0.15) is 58.2 Å². The molecule has 0 saturated heterocycles. The molecule has 0 amide bonds. The van der Waals surface area contributed by atoms with E-state index in [0.29, 0.717) is 12.5 Å². The van der Waals surface area contributed by atoms with Crippen LogP contribution in [-0.4, -0.2) is 20.3 Å². The van der Waals surface area contributed by atoms with Gasteiger partial charge < -0.3 is 9.67 Å². The third-order valence-corrected chi connectivity index (χ3v) is 3.93. The summed E-state index contributed by atoms with van der Waals surface area (Å²) in [6, 6.07) is 0. The van der Waals surface area contributed by atoms with Crippen molar-refractivity contribution >= 4 is 0 Å². The van der Waals surface area contributed by atoms with Gasteiger partial charge in [-0.25, -0.2) is 4.98 Å². The SMILES string of the molecule is CC1CCC(O)(Cn2ccnc2C(C)C)CC1. The Morgan fingerprint density at radius 1 is 1.47 bits per heavy atom. The van der Waals surface area contributed by atoms with E-state index in [-0.39, 0.29) is 0 Å². The Labute approximate surface area is 104 Å². The topological polar surface area (TPSA) is 38.0 Å². The second-order valence-electron chi connectivity index (χ2n) is 5.97. The number of aliphatic hydroxyl groups is 1. The van der Waals surface area contributed by atoms with Gasteiger partial charge in [-0.2, -0.15) is 0 Å². The molecule has 17 heavy (non-hydrogen) atoms. The van der Waals surface area contributed by atoms with Crippen molar-refractivity contribution < 1.29 is 5.11 Å².